The molecule has 1 aliphatic heterocycles. The van der Waals surface area contributed by atoms with Crippen LogP contribution in [0.5, 0.6) is 5.75 Å². The Bertz CT molecular complexity index is 968. The number of carbonyl (C=O) groups is 1. The predicted octanol–water partition coefficient (Wildman–Crippen LogP) is 2.99. The number of aromatic nitrogens is 1. The highest BCUT2D eigenvalue weighted by Crippen LogP contribution is 2.16. The summed E-state index contributed by atoms with van der Waals surface area (Å²) in [6.07, 6.45) is 6.86. The van der Waals surface area contributed by atoms with Crippen LogP contribution in [0.25, 0.3) is 6.08 Å². The van der Waals surface area contributed by atoms with E-state index in [1.807, 2.05) is 49.4 Å². The largest absolute Gasteiger partial charge is 0.487 e. The third kappa shape index (κ3) is 7.18. The summed E-state index contributed by atoms with van der Waals surface area (Å²) in [6, 6.07) is 13.2. The van der Waals surface area contributed by atoms with E-state index >= 15 is 0 Å². The van der Waals surface area contributed by atoms with Crippen LogP contribution >= 0.6 is 0 Å². The summed E-state index contributed by atoms with van der Waals surface area (Å²) in [6.45, 7) is 3.17. The van der Waals surface area contributed by atoms with Crippen LogP contribution in [0.15, 0.2) is 54.7 Å². The topological polar surface area (TPSA) is 88.6 Å². The standard InChI is InChI=1S/C23H29N3O4S/c1-2-17-31(28,29)26-15-12-20(13-16-26)25-23(27)11-8-19-6-9-22(10-7-19)30-18-21-5-3-4-14-24-21/h3-11,14,20H,2,12-13,15-18H2,1H3,(H,25,27). The van der Waals surface area contributed by atoms with Gasteiger partial charge in [-0.2, -0.15) is 0 Å². The third-order valence-corrected chi connectivity index (χ3v) is 7.15. The molecule has 0 spiro atoms. The number of benzene rings is 1. The van der Waals surface area contributed by atoms with E-state index < -0.39 is 10.0 Å². The van der Waals surface area contributed by atoms with Crippen LogP contribution in [0, 0.1) is 0 Å². The lowest BCUT2D eigenvalue weighted by Crippen LogP contribution is -2.46. The van der Waals surface area contributed by atoms with Gasteiger partial charge in [0.1, 0.15) is 12.4 Å². The summed E-state index contributed by atoms with van der Waals surface area (Å²) >= 11 is 0. The Morgan fingerprint density at radius 1 is 1.19 bits per heavy atom. The predicted molar refractivity (Wildman–Crippen MR) is 121 cm³/mol. The van der Waals surface area contributed by atoms with E-state index in [4.69, 9.17) is 4.74 Å². The molecule has 7 nitrogen and oxygen atoms in total. The first-order valence-electron chi connectivity index (χ1n) is 10.6. The molecule has 0 aliphatic carbocycles. The van der Waals surface area contributed by atoms with E-state index in [0.717, 1.165) is 17.0 Å². The number of rotatable bonds is 9. The average molecular weight is 444 g/mol. The molecule has 1 fully saturated rings. The second-order valence-corrected chi connectivity index (χ2v) is 9.60. The van der Waals surface area contributed by atoms with Crippen molar-refractivity contribution in [3.8, 4) is 5.75 Å². The van der Waals surface area contributed by atoms with Crippen molar-refractivity contribution in [2.75, 3.05) is 18.8 Å². The molecule has 31 heavy (non-hydrogen) atoms. The molecule has 1 N–H and O–H groups in total. The highest BCUT2D eigenvalue weighted by molar-refractivity contribution is 7.89. The van der Waals surface area contributed by atoms with Gasteiger partial charge >= 0.3 is 0 Å². The van der Waals surface area contributed by atoms with Crippen LogP contribution in [0.1, 0.15) is 37.4 Å². The van der Waals surface area contributed by atoms with Crippen LogP contribution in [0.4, 0.5) is 0 Å². The summed E-state index contributed by atoms with van der Waals surface area (Å²) in [4.78, 5) is 16.4. The molecule has 1 aromatic heterocycles. The number of pyridine rings is 1. The van der Waals surface area contributed by atoms with Crippen molar-refractivity contribution in [1.29, 1.82) is 0 Å². The van der Waals surface area contributed by atoms with Gasteiger partial charge in [-0.3, -0.25) is 9.78 Å². The summed E-state index contributed by atoms with van der Waals surface area (Å²) in [5, 5.41) is 2.96. The minimum absolute atomic E-state index is 0.00685. The molecule has 1 aliphatic rings. The first-order chi connectivity index (χ1) is 15.0. The SMILES string of the molecule is CCCS(=O)(=O)N1CCC(NC(=O)C=Cc2ccc(OCc3ccccn3)cc2)CC1. The van der Waals surface area contributed by atoms with E-state index in [-0.39, 0.29) is 17.7 Å². The van der Waals surface area contributed by atoms with Crippen molar-refractivity contribution < 1.29 is 17.9 Å². The van der Waals surface area contributed by atoms with E-state index in [1.54, 1.807) is 12.3 Å². The molecule has 3 rings (SSSR count). The Morgan fingerprint density at radius 2 is 1.94 bits per heavy atom. The van der Waals surface area contributed by atoms with Gasteiger partial charge in [0.15, 0.2) is 0 Å². The van der Waals surface area contributed by atoms with Crippen LogP contribution < -0.4 is 10.1 Å². The number of piperidine rings is 1. The second kappa shape index (κ2) is 11.1. The minimum atomic E-state index is -3.16. The molecule has 1 amide bonds. The fraction of sp³-hybridized carbons (Fsp3) is 0.391. The lowest BCUT2D eigenvalue weighted by molar-refractivity contribution is -0.117. The van der Waals surface area contributed by atoms with E-state index in [2.05, 4.69) is 10.3 Å². The molecule has 8 heteroatoms. The monoisotopic (exact) mass is 443 g/mol. The number of carbonyl (C=O) groups excluding carboxylic acids is 1. The highest BCUT2D eigenvalue weighted by Gasteiger charge is 2.27. The number of ether oxygens (including phenoxy) is 1. The molecule has 0 radical (unpaired) electrons. The number of hydrogen-bond acceptors (Lipinski definition) is 5. The van der Waals surface area contributed by atoms with Crippen molar-refractivity contribution in [3.63, 3.8) is 0 Å². The highest BCUT2D eigenvalue weighted by atomic mass is 32.2. The van der Waals surface area contributed by atoms with E-state index in [0.29, 0.717) is 39.0 Å². The Balaban J connectivity index is 1.43. The minimum Gasteiger partial charge on any atom is -0.487 e. The summed E-state index contributed by atoms with van der Waals surface area (Å²) in [5.74, 6) is 0.738. The number of nitrogens with one attached hydrogen (secondary N) is 1. The van der Waals surface area contributed by atoms with Crippen LogP contribution in [-0.4, -0.2) is 48.5 Å². The molecule has 0 bridgehead atoms. The maximum atomic E-state index is 12.2. The van der Waals surface area contributed by atoms with Gasteiger partial charge in [-0.05, 0) is 55.2 Å². The van der Waals surface area contributed by atoms with Crippen LogP contribution in [-0.2, 0) is 21.4 Å². The van der Waals surface area contributed by atoms with Gasteiger partial charge in [0.25, 0.3) is 0 Å². The van der Waals surface area contributed by atoms with E-state index in [1.165, 1.54) is 10.4 Å². The summed E-state index contributed by atoms with van der Waals surface area (Å²) in [5.41, 5.74) is 1.75. The molecular weight excluding hydrogens is 414 g/mol. The van der Waals surface area contributed by atoms with Gasteiger partial charge in [0.2, 0.25) is 15.9 Å². The average Bonchev–Trinajstić information content (AvgIpc) is 2.78. The zero-order valence-electron chi connectivity index (χ0n) is 17.7. The zero-order chi connectivity index (χ0) is 22.1. The van der Waals surface area contributed by atoms with Gasteiger partial charge < -0.3 is 10.1 Å². The molecule has 2 heterocycles. The molecule has 1 aromatic carbocycles. The van der Waals surface area contributed by atoms with Gasteiger partial charge in [-0.1, -0.05) is 25.1 Å². The first kappa shape index (κ1) is 23.0. The Kier molecular flexibility index (Phi) is 8.20. The summed E-state index contributed by atoms with van der Waals surface area (Å²) in [7, 11) is -3.16. The molecule has 2 aromatic rings. The molecule has 0 saturated carbocycles. The number of nitrogens with zero attached hydrogens (tertiary/aromatic N) is 2. The lowest BCUT2D eigenvalue weighted by atomic mass is 10.1. The fourth-order valence-electron chi connectivity index (χ4n) is 3.40. The smallest absolute Gasteiger partial charge is 0.244 e. The molecule has 166 valence electrons. The molecular formula is C23H29N3O4S. The van der Waals surface area contributed by atoms with Gasteiger partial charge in [0.05, 0.1) is 11.4 Å². The Morgan fingerprint density at radius 3 is 2.58 bits per heavy atom. The maximum absolute atomic E-state index is 12.2. The number of amides is 1. The van der Waals surface area contributed by atoms with Crippen molar-refractivity contribution in [2.45, 2.75) is 38.8 Å². The molecule has 1 saturated heterocycles. The van der Waals surface area contributed by atoms with Crippen molar-refractivity contribution >= 4 is 22.0 Å². The third-order valence-electron chi connectivity index (χ3n) is 5.08. The van der Waals surface area contributed by atoms with Crippen molar-refractivity contribution in [1.82, 2.24) is 14.6 Å². The second-order valence-electron chi connectivity index (χ2n) is 7.51. The van der Waals surface area contributed by atoms with Crippen molar-refractivity contribution in [3.05, 3.63) is 66.0 Å². The fourth-order valence-corrected chi connectivity index (χ4v) is 4.94. The quantitative estimate of drug-likeness (QED) is 0.602. The molecule has 0 atom stereocenters. The number of sulfonamides is 1. The van der Waals surface area contributed by atoms with Crippen molar-refractivity contribution in [2.24, 2.45) is 0 Å². The van der Waals surface area contributed by atoms with Crippen LogP contribution in [0.2, 0.25) is 0 Å². The van der Waals surface area contributed by atoms with Gasteiger partial charge in [-0.15, -0.1) is 0 Å². The Labute approximate surface area is 184 Å². The summed E-state index contributed by atoms with van der Waals surface area (Å²) < 4.78 is 31.5. The molecule has 0 unspecified atom stereocenters. The zero-order valence-corrected chi connectivity index (χ0v) is 18.6. The maximum Gasteiger partial charge on any atom is 0.244 e. The van der Waals surface area contributed by atoms with Gasteiger partial charge in [0, 0.05) is 31.4 Å². The first-order valence-corrected chi connectivity index (χ1v) is 12.2. The number of hydrogen-bond donors (Lipinski definition) is 1. The van der Waals surface area contributed by atoms with Crippen LogP contribution in [0.3, 0.4) is 0 Å². The normalized spacial score (nSPS) is 15.8. The van der Waals surface area contributed by atoms with Gasteiger partial charge in [-0.25, -0.2) is 12.7 Å². The lowest BCUT2D eigenvalue weighted by Gasteiger charge is -2.31. The van der Waals surface area contributed by atoms with E-state index in [9.17, 15) is 13.2 Å². The Hall–Kier alpha value is -2.71.